The van der Waals surface area contributed by atoms with Gasteiger partial charge < -0.3 is 5.11 Å². The Hall–Kier alpha value is -0.670. The fourth-order valence-corrected chi connectivity index (χ4v) is 1.64. The quantitative estimate of drug-likeness (QED) is 0.740. The first kappa shape index (κ1) is 10.4. The molecule has 1 atom stereocenters. The second-order valence-electron chi connectivity index (χ2n) is 4.11. The third-order valence-electron chi connectivity index (χ3n) is 1.83. The van der Waals surface area contributed by atoms with Crippen molar-refractivity contribution in [2.45, 2.75) is 26.9 Å². The highest BCUT2D eigenvalue weighted by atomic mass is 32.1. The lowest BCUT2D eigenvalue weighted by molar-refractivity contribution is 0.0447. The molecule has 72 valence electrons. The number of aliphatic hydroxyl groups is 1. The Kier molecular flexibility index (Phi) is 2.88. The number of carbonyl (C=O) groups is 1. The zero-order chi connectivity index (χ0) is 10.1. The van der Waals surface area contributed by atoms with Crippen molar-refractivity contribution in [3.8, 4) is 0 Å². The van der Waals surface area contributed by atoms with Crippen molar-refractivity contribution in [3.63, 3.8) is 0 Å². The monoisotopic (exact) mass is 198 g/mol. The molecule has 0 saturated heterocycles. The smallest absolute Gasteiger partial charge is 0.201 e. The van der Waals surface area contributed by atoms with Crippen LogP contribution in [0.2, 0.25) is 0 Å². The van der Waals surface area contributed by atoms with E-state index >= 15 is 0 Å². The zero-order valence-electron chi connectivity index (χ0n) is 8.07. The lowest BCUT2D eigenvalue weighted by Crippen LogP contribution is -2.33. The van der Waals surface area contributed by atoms with Gasteiger partial charge in [0.1, 0.15) is 6.10 Å². The molecule has 2 nitrogen and oxygen atoms in total. The maximum absolute atomic E-state index is 11.6. The van der Waals surface area contributed by atoms with Crippen LogP contribution in [0.15, 0.2) is 17.5 Å². The molecule has 0 aromatic carbocycles. The average Bonchev–Trinajstić information content (AvgIpc) is 2.51. The van der Waals surface area contributed by atoms with Gasteiger partial charge >= 0.3 is 0 Å². The minimum atomic E-state index is -0.911. The van der Waals surface area contributed by atoms with Crippen molar-refractivity contribution in [3.05, 3.63) is 22.4 Å². The minimum Gasteiger partial charge on any atom is -0.384 e. The van der Waals surface area contributed by atoms with Crippen molar-refractivity contribution in [2.75, 3.05) is 0 Å². The molecule has 0 aliphatic carbocycles. The molecule has 0 bridgehead atoms. The maximum Gasteiger partial charge on any atom is 0.201 e. The Morgan fingerprint density at radius 1 is 1.54 bits per heavy atom. The van der Waals surface area contributed by atoms with Crippen molar-refractivity contribution in [1.29, 1.82) is 0 Å². The molecule has 0 aliphatic heterocycles. The van der Waals surface area contributed by atoms with Crippen molar-refractivity contribution in [1.82, 2.24) is 0 Å². The van der Waals surface area contributed by atoms with Gasteiger partial charge in [0.25, 0.3) is 0 Å². The van der Waals surface area contributed by atoms with E-state index in [-0.39, 0.29) is 11.2 Å². The summed E-state index contributed by atoms with van der Waals surface area (Å²) >= 11 is 1.37. The molecule has 1 aromatic rings. The molecule has 13 heavy (non-hydrogen) atoms. The Labute approximate surface area is 82.2 Å². The van der Waals surface area contributed by atoms with Gasteiger partial charge in [0.05, 0.1) is 4.88 Å². The fraction of sp³-hybridized carbons (Fsp3) is 0.500. The second-order valence-corrected chi connectivity index (χ2v) is 5.06. The van der Waals surface area contributed by atoms with Crippen LogP contribution in [-0.2, 0) is 0 Å². The fourth-order valence-electron chi connectivity index (χ4n) is 0.947. The van der Waals surface area contributed by atoms with Gasteiger partial charge in [-0.1, -0.05) is 26.8 Å². The standard InChI is InChI=1S/C10H14O2S/c1-10(2,3)9(12)8(11)7-5-4-6-13-7/h4-6,9,12H,1-3H3. The number of aliphatic hydroxyl groups excluding tert-OH is 1. The van der Waals surface area contributed by atoms with E-state index in [0.717, 1.165) is 0 Å². The number of ketones is 1. The van der Waals surface area contributed by atoms with E-state index in [1.54, 1.807) is 6.07 Å². The normalized spacial score (nSPS) is 14.2. The van der Waals surface area contributed by atoms with Gasteiger partial charge in [0.2, 0.25) is 5.78 Å². The number of hydrogen-bond acceptors (Lipinski definition) is 3. The van der Waals surface area contributed by atoms with Crippen LogP contribution >= 0.6 is 11.3 Å². The molecule has 0 radical (unpaired) electrons. The Bertz CT molecular complexity index is 282. The predicted molar refractivity (Wildman–Crippen MR) is 54.1 cm³/mol. The predicted octanol–water partition coefficient (Wildman–Crippen LogP) is 2.34. The first-order chi connectivity index (χ1) is 5.93. The molecule has 0 spiro atoms. The molecule has 1 N–H and O–H groups in total. The highest BCUT2D eigenvalue weighted by Gasteiger charge is 2.29. The summed E-state index contributed by atoms with van der Waals surface area (Å²) in [5, 5.41) is 11.5. The van der Waals surface area contributed by atoms with Crippen LogP contribution < -0.4 is 0 Å². The SMILES string of the molecule is CC(C)(C)C(O)C(=O)c1cccs1. The summed E-state index contributed by atoms with van der Waals surface area (Å²) < 4.78 is 0. The van der Waals surface area contributed by atoms with E-state index < -0.39 is 6.10 Å². The van der Waals surface area contributed by atoms with Crippen LogP contribution in [0.1, 0.15) is 30.4 Å². The lowest BCUT2D eigenvalue weighted by Gasteiger charge is -2.23. The van der Waals surface area contributed by atoms with Crippen LogP contribution in [-0.4, -0.2) is 17.0 Å². The topological polar surface area (TPSA) is 37.3 Å². The van der Waals surface area contributed by atoms with Crippen LogP contribution in [0, 0.1) is 5.41 Å². The Morgan fingerprint density at radius 3 is 2.54 bits per heavy atom. The van der Waals surface area contributed by atoms with Gasteiger partial charge in [-0.25, -0.2) is 0 Å². The molecule has 1 unspecified atom stereocenters. The summed E-state index contributed by atoms with van der Waals surface area (Å²) in [6.45, 7) is 5.55. The largest absolute Gasteiger partial charge is 0.384 e. The Morgan fingerprint density at radius 2 is 2.15 bits per heavy atom. The van der Waals surface area contributed by atoms with Gasteiger partial charge in [0, 0.05) is 0 Å². The van der Waals surface area contributed by atoms with Gasteiger partial charge in [-0.2, -0.15) is 0 Å². The molecule has 0 saturated carbocycles. The number of hydrogen-bond donors (Lipinski definition) is 1. The van der Waals surface area contributed by atoms with Gasteiger partial charge in [-0.05, 0) is 16.9 Å². The van der Waals surface area contributed by atoms with Crippen LogP contribution in [0.4, 0.5) is 0 Å². The summed E-state index contributed by atoms with van der Waals surface area (Å²) in [5.74, 6) is -0.178. The van der Waals surface area contributed by atoms with E-state index in [0.29, 0.717) is 4.88 Å². The molecular formula is C10H14O2S. The van der Waals surface area contributed by atoms with E-state index in [1.807, 2.05) is 32.2 Å². The number of carbonyl (C=O) groups excluding carboxylic acids is 1. The lowest BCUT2D eigenvalue weighted by atomic mass is 9.86. The molecule has 1 aromatic heterocycles. The van der Waals surface area contributed by atoms with Crippen LogP contribution in [0.3, 0.4) is 0 Å². The molecule has 0 fully saturated rings. The van der Waals surface area contributed by atoms with Gasteiger partial charge in [-0.15, -0.1) is 11.3 Å². The highest BCUT2D eigenvalue weighted by Crippen LogP contribution is 2.23. The first-order valence-corrected chi connectivity index (χ1v) is 5.06. The summed E-state index contributed by atoms with van der Waals surface area (Å²) in [4.78, 5) is 12.2. The van der Waals surface area contributed by atoms with Crippen molar-refractivity contribution < 1.29 is 9.90 Å². The Balaban J connectivity index is 2.81. The molecular weight excluding hydrogens is 184 g/mol. The maximum atomic E-state index is 11.6. The minimum absolute atomic E-state index is 0.178. The van der Waals surface area contributed by atoms with Crippen LogP contribution in [0.25, 0.3) is 0 Å². The van der Waals surface area contributed by atoms with E-state index in [2.05, 4.69) is 0 Å². The van der Waals surface area contributed by atoms with Gasteiger partial charge in [-0.3, -0.25) is 4.79 Å². The highest BCUT2D eigenvalue weighted by molar-refractivity contribution is 7.12. The zero-order valence-corrected chi connectivity index (χ0v) is 8.89. The van der Waals surface area contributed by atoms with Crippen LogP contribution in [0.5, 0.6) is 0 Å². The summed E-state index contributed by atoms with van der Waals surface area (Å²) in [6, 6.07) is 3.55. The van der Waals surface area contributed by atoms with Gasteiger partial charge in [0.15, 0.2) is 0 Å². The molecule has 1 rings (SSSR count). The third-order valence-corrected chi connectivity index (χ3v) is 2.72. The van der Waals surface area contributed by atoms with Crippen molar-refractivity contribution in [2.24, 2.45) is 5.41 Å². The third kappa shape index (κ3) is 2.39. The van der Waals surface area contributed by atoms with E-state index in [4.69, 9.17) is 0 Å². The summed E-state index contributed by atoms with van der Waals surface area (Å²) in [7, 11) is 0. The van der Waals surface area contributed by atoms with Crippen molar-refractivity contribution >= 4 is 17.1 Å². The number of rotatable bonds is 2. The molecule has 0 aliphatic rings. The van der Waals surface area contributed by atoms with E-state index in [9.17, 15) is 9.90 Å². The first-order valence-electron chi connectivity index (χ1n) is 4.18. The average molecular weight is 198 g/mol. The molecule has 3 heteroatoms. The number of Topliss-reactive ketones (excluding diaryl/α,β-unsaturated/α-hetero) is 1. The summed E-state index contributed by atoms with van der Waals surface area (Å²) in [5.41, 5.74) is -0.388. The van der Waals surface area contributed by atoms with E-state index in [1.165, 1.54) is 11.3 Å². The second kappa shape index (κ2) is 3.60. The molecule has 0 amide bonds. The summed E-state index contributed by atoms with van der Waals surface area (Å²) in [6.07, 6.45) is -0.911. The molecule has 1 heterocycles. The number of thiophene rings is 1.